The first-order chi connectivity index (χ1) is 9.22. The molecule has 0 unspecified atom stereocenters. The van der Waals surface area contributed by atoms with E-state index in [9.17, 15) is 0 Å². The van der Waals surface area contributed by atoms with Gasteiger partial charge in [-0.05, 0) is 54.6 Å². The van der Waals surface area contributed by atoms with Gasteiger partial charge in [0.1, 0.15) is 12.4 Å². The molecule has 0 spiro atoms. The summed E-state index contributed by atoms with van der Waals surface area (Å²) in [6, 6.07) is 12.6. The summed E-state index contributed by atoms with van der Waals surface area (Å²) in [6.07, 6.45) is 5.38. The summed E-state index contributed by atoms with van der Waals surface area (Å²) >= 11 is 0. The van der Waals surface area contributed by atoms with Crippen molar-refractivity contribution in [1.82, 2.24) is 0 Å². The molecular weight excluding hydrogens is 234 g/mol. The number of rotatable bonds is 4. The fraction of sp³-hybridized carbons (Fsp3) is 0.176. The highest BCUT2D eigenvalue weighted by atomic mass is 16.5. The fourth-order valence-corrected chi connectivity index (χ4v) is 1.95. The molecule has 0 heterocycles. The van der Waals surface area contributed by atoms with Crippen molar-refractivity contribution >= 4 is 10.8 Å². The summed E-state index contributed by atoms with van der Waals surface area (Å²) in [5.41, 5.74) is 7.72. The minimum atomic E-state index is 0.529. The van der Waals surface area contributed by atoms with Crippen LogP contribution in [0.4, 0.5) is 0 Å². The van der Waals surface area contributed by atoms with Crippen LogP contribution in [-0.4, -0.2) is 6.61 Å². The van der Waals surface area contributed by atoms with Crippen LogP contribution in [0.5, 0.6) is 5.75 Å². The lowest BCUT2D eigenvalue weighted by atomic mass is 10.1. The van der Waals surface area contributed by atoms with Crippen LogP contribution in [0.3, 0.4) is 0 Å². The summed E-state index contributed by atoms with van der Waals surface area (Å²) in [4.78, 5) is 0. The van der Waals surface area contributed by atoms with Gasteiger partial charge < -0.3 is 10.5 Å². The van der Waals surface area contributed by atoms with Crippen molar-refractivity contribution < 1.29 is 4.74 Å². The van der Waals surface area contributed by atoms with Gasteiger partial charge in [-0.1, -0.05) is 35.9 Å². The lowest BCUT2D eigenvalue weighted by molar-refractivity contribution is 0.356. The molecule has 2 N–H and O–H groups in total. The Labute approximate surface area is 114 Å². The second-order valence-electron chi connectivity index (χ2n) is 4.52. The summed E-state index contributed by atoms with van der Waals surface area (Å²) in [5, 5.41) is 2.43. The van der Waals surface area contributed by atoms with Gasteiger partial charge in [0.15, 0.2) is 0 Å². The summed E-state index contributed by atoms with van der Waals surface area (Å²) in [7, 11) is 0. The summed E-state index contributed by atoms with van der Waals surface area (Å²) in [5.74, 6) is 0.876. The van der Waals surface area contributed by atoms with Gasteiger partial charge in [-0.3, -0.25) is 0 Å². The Kier molecular flexibility index (Phi) is 4.24. The third kappa shape index (κ3) is 3.38. The zero-order chi connectivity index (χ0) is 13.7. The molecule has 0 radical (unpaired) electrons. The second-order valence-corrected chi connectivity index (χ2v) is 4.52. The van der Waals surface area contributed by atoms with Crippen LogP contribution in [-0.2, 0) is 0 Å². The van der Waals surface area contributed by atoms with Gasteiger partial charge in [-0.15, -0.1) is 0 Å². The summed E-state index contributed by atoms with van der Waals surface area (Å²) < 4.78 is 5.77. The molecule has 2 aromatic rings. The third-order valence-corrected chi connectivity index (χ3v) is 3.05. The Morgan fingerprint density at radius 1 is 1.16 bits per heavy atom. The van der Waals surface area contributed by atoms with E-state index >= 15 is 0 Å². The molecular formula is C17H19NO. The van der Waals surface area contributed by atoms with Crippen LogP contribution in [0, 0.1) is 6.92 Å². The van der Waals surface area contributed by atoms with Crippen molar-refractivity contribution in [3.8, 4) is 5.75 Å². The minimum absolute atomic E-state index is 0.529. The van der Waals surface area contributed by atoms with Crippen molar-refractivity contribution in [3.05, 3.63) is 65.9 Å². The zero-order valence-electron chi connectivity index (χ0n) is 11.4. The Balaban J connectivity index is 2.16. The molecule has 2 heteroatoms. The van der Waals surface area contributed by atoms with Crippen molar-refractivity contribution in [1.29, 1.82) is 0 Å². The van der Waals surface area contributed by atoms with Crippen LogP contribution in [0.2, 0.25) is 0 Å². The molecule has 0 aliphatic heterocycles. The molecule has 0 aliphatic carbocycles. The smallest absolute Gasteiger partial charge is 0.120 e. The number of nitrogens with two attached hydrogens (primary N) is 1. The zero-order valence-corrected chi connectivity index (χ0v) is 11.4. The van der Waals surface area contributed by atoms with Crippen LogP contribution in [0.1, 0.15) is 12.5 Å². The largest absolute Gasteiger partial charge is 0.489 e. The topological polar surface area (TPSA) is 35.2 Å². The molecule has 0 aliphatic rings. The van der Waals surface area contributed by atoms with Gasteiger partial charge in [0.25, 0.3) is 0 Å². The van der Waals surface area contributed by atoms with E-state index in [1.54, 1.807) is 0 Å². The second kappa shape index (κ2) is 6.10. The van der Waals surface area contributed by atoms with E-state index in [1.165, 1.54) is 22.5 Å². The minimum Gasteiger partial charge on any atom is -0.489 e. The quantitative estimate of drug-likeness (QED) is 0.837. The highest BCUT2D eigenvalue weighted by Crippen LogP contribution is 2.22. The van der Waals surface area contributed by atoms with Crippen LogP contribution in [0.15, 0.2) is 60.3 Å². The lowest BCUT2D eigenvalue weighted by Crippen LogP contribution is -1.99. The molecule has 0 atom stereocenters. The SMILES string of the molecule is C/C=C(\C=C/N)COc1ccc2cc(C)ccc2c1. The van der Waals surface area contributed by atoms with Gasteiger partial charge in [0.2, 0.25) is 0 Å². The number of hydrogen-bond donors (Lipinski definition) is 1. The van der Waals surface area contributed by atoms with E-state index in [0.717, 1.165) is 11.3 Å². The standard InChI is InChI=1S/C17H19NO/c1-3-14(8-9-18)12-19-17-7-6-15-10-13(2)4-5-16(15)11-17/h3-11H,12,18H2,1-2H3/b9-8-,14-3+. The highest BCUT2D eigenvalue weighted by Gasteiger charge is 1.99. The van der Waals surface area contributed by atoms with E-state index < -0.39 is 0 Å². The van der Waals surface area contributed by atoms with Gasteiger partial charge in [0, 0.05) is 0 Å². The first-order valence-electron chi connectivity index (χ1n) is 6.39. The summed E-state index contributed by atoms with van der Waals surface area (Å²) in [6.45, 7) is 4.60. The number of ether oxygens (including phenoxy) is 1. The first-order valence-corrected chi connectivity index (χ1v) is 6.39. The van der Waals surface area contributed by atoms with Crippen LogP contribution >= 0.6 is 0 Å². The van der Waals surface area contributed by atoms with E-state index in [-0.39, 0.29) is 0 Å². The maximum absolute atomic E-state index is 5.77. The fourth-order valence-electron chi connectivity index (χ4n) is 1.95. The molecule has 0 amide bonds. The van der Waals surface area contributed by atoms with Crippen LogP contribution in [0.25, 0.3) is 10.8 Å². The monoisotopic (exact) mass is 253 g/mol. The Morgan fingerprint density at radius 2 is 1.89 bits per heavy atom. The molecule has 0 saturated heterocycles. The number of fused-ring (bicyclic) bond motifs is 1. The van der Waals surface area contributed by atoms with Crippen molar-refractivity contribution in [2.24, 2.45) is 5.73 Å². The lowest BCUT2D eigenvalue weighted by Gasteiger charge is -2.08. The maximum Gasteiger partial charge on any atom is 0.120 e. The normalized spacial score (nSPS) is 12.2. The molecule has 2 aromatic carbocycles. The van der Waals surface area contributed by atoms with Crippen molar-refractivity contribution in [3.63, 3.8) is 0 Å². The number of allylic oxidation sites excluding steroid dienone is 1. The van der Waals surface area contributed by atoms with Gasteiger partial charge >= 0.3 is 0 Å². The van der Waals surface area contributed by atoms with Crippen molar-refractivity contribution in [2.45, 2.75) is 13.8 Å². The molecule has 2 rings (SSSR count). The average Bonchev–Trinajstić information content (AvgIpc) is 2.43. The molecule has 0 saturated carbocycles. The highest BCUT2D eigenvalue weighted by molar-refractivity contribution is 5.84. The van der Waals surface area contributed by atoms with E-state index in [4.69, 9.17) is 10.5 Å². The predicted octanol–water partition coefficient (Wildman–Crippen LogP) is 3.95. The maximum atomic E-state index is 5.77. The van der Waals surface area contributed by atoms with Crippen LogP contribution < -0.4 is 10.5 Å². The van der Waals surface area contributed by atoms with Gasteiger partial charge in [-0.25, -0.2) is 0 Å². The van der Waals surface area contributed by atoms with E-state index in [2.05, 4.69) is 37.3 Å². The number of benzene rings is 2. The molecule has 0 fully saturated rings. The van der Waals surface area contributed by atoms with Gasteiger partial charge in [0.05, 0.1) is 0 Å². The van der Waals surface area contributed by atoms with E-state index in [0.29, 0.717) is 6.61 Å². The third-order valence-electron chi connectivity index (χ3n) is 3.05. The predicted molar refractivity (Wildman–Crippen MR) is 81.3 cm³/mol. The average molecular weight is 253 g/mol. The molecule has 0 aromatic heterocycles. The molecule has 98 valence electrons. The van der Waals surface area contributed by atoms with Crippen molar-refractivity contribution in [2.75, 3.05) is 6.61 Å². The Bertz CT molecular complexity index is 626. The van der Waals surface area contributed by atoms with E-state index in [1.807, 2.05) is 25.1 Å². The Morgan fingerprint density at radius 3 is 2.63 bits per heavy atom. The number of aryl methyl sites for hydroxylation is 1. The first kappa shape index (κ1) is 13.2. The number of hydrogen-bond acceptors (Lipinski definition) is 2. The molecule has 0 bridgehead atoms. The molecule has 19 heavy (non-hydrogen) atoms. The Hall–Kier alpha value is -2.22. The molecule has 2 nitrogen and oxygen atoms in total. The van der Waals surface area contributed by atoms with Gasteiger partial charge in [-0.2, -0.15) is 0 Å².